The van der Waals surface area contributed by atoms with E-state index in [1.54, 1.807) is 39.9 Å². The van der Waals surface area contributed by atoms with Gasteiger partial charge in [-0.25, -0.2) is 13.4 Å². The lowest BCUT2D eigenvalue weighted by atomic mass is 10.0. The van der Waals surface area contributed by atoms with Gasteiger partial charge < -0.3 is 9.80 Å². The molecule has 9 heteroatoms. The molecule has 0 atom stereocenters. The van der Waals surface area contributed by atoms with Crippen LogP contribution in [0.3, 0.4) is 0 Å². The average Bonchev–Trinajstić information content (AvgIpc) is 3.32. The maximum absolute atomic E-state index is 13.3. The first-order chi connectivity index (χ1) is 18.0. The molecular formula is C29H40N4O3S2. The summed E-state index contributed by atoms with van der Waals surface area (Å²) >= 11 is 1.70. The third-order valence-electron chi connectivity index (χ3n) is 6.77. The summed E-state index contributed by atoms with van der Waals surface area (Å²) < 4.78 is 29.4. The smallest absolute Gasteiger partial charge is 0.253 e. The highest BCUT2D eigenvalue weighted by Gasteiger charge is 2.28. The number of piperazine rings is 1. The highest BCUT2D eigenvalue weighted by Crippen LogP contribution is 2.34. The van der Waals surface area contributed by atoms with Crippen LogP contribution in [0, 0.1) is 11.8 Å². The van der Waals surface area contributed by atoms with Gasteiger partial charge in [0.2, 0.25) is 10.0 Å². The summed E-state index contributed by atoms with van der Waals surface area (Å²) in [6, 6.07) is 12.8. The molecule has 0 spiro atoms. The van der Waals surface area contributed by atoms with Gasteiger partial charge in [0, 0.05) is 44.8 Å². The fourth-order valence-corrected chi connectivity index (χ4v) is 7.67. The zero-order valence-electron chi connectivity index (χ0n) is 23.3. The second-order valence-electron chi connectivity index (χ2n) is 11.3. The summed E-state index contributed by atoms with van der Waals surface area (Å²) in [5.74, 6) is 0.797. The van der Waals surface area contributed by atoms with E-state index in [2.05, 4.69) is 36.9 Å². The molecule has 0 N–H and O–H groups in total. The van der Waals surface area contributed by atoms with E-state index >= 15 is 0 Å². The van der Waals surface area contributed by atoms with E-state index in [9.17, 15) is 13.2 Å². The molecule has 1 aromatic heterocycles. The predicted octanol–water partition coefficient (Wildman–Crippen LogP) is 5.68. The summed E-state index contributed by atoms with van der Waals surface area (Å²) in [5.41, 5.74) is 2.86. The van der Waals surface area contributed by atoms with Gasteiger partial charge in [0.25, 0.3) is 5.91 Å². The van der Waals surface area contributed by atoms with Crippen molar-refractivity contribution in [2.24, 2.45) is 11.8 Å². The van der Waals surface area contributed by atoms with Crippen molar-refractivity contribution in [1.82, 2.24) is 14.2 Å². The summed E-state index contributed by atoms with van der Waals surface area (Å²) in [5, 5.41) is 1.00. The number of hydrogen-bond donors (Lipinski definition) is 0. The molecule has 0 unspecified atom stereocenters. The number of aromatic nitrogens is 1. The van der Waals surface area contributed by atoms with Gasteiger partial charge in [-0.2, -0.15) is 4.31 Å². The Labute approximate surface area is 231 Å². The zero-order chi connectivity index (χ0) is 27.6. The maximum Gasteiger partial charge on any atom is 0.253 e. The third-order valence-corrected chi connectivity index (χ3v) is 9.70. The van der Waals surface area contributed by atoms with Crippen molar-refractivity contribution in [2.75, 3.05) is 44.2 Å². The Morgan fingerprint density at radius 3 is 2.08 bits per heavy atom. The number of carbonyl (C=O) groups excluding carboxylic acids is 1. The fraction of sp³-hybridized carbons (Fsp3) is 0.517. The number of benzene rings is 2. The minimum atomic E-state index is -3.62. The molecule has 38 heavy (non-hydrogen) atoms. The van der Waals surface area contributed by atoms with Crippen LogP contribution in [0.15, 0.2) is 47.4 Å². The lowest BCUT2D eigenvalue weighted by Gasteiger charge is -2.34. The van der Waals surface area contributed by atoms with Crippen molar-refractivity contribution < 1.29 is 13.2 Å². The Bertz CT molecular complexity index is 1350. The Kier molecular flexibility index (Phi) is 8.79. The van der Waals surface area contributed by atoms with Crippen molar-refractivity contribution in [3.8, 4) is 0 Å². The van der Waals surface area contributed by atoms with Gasteiger partial charge in [-0.15, -0.1) is 0 Å². The van der Waals surface area contributed by atoms with Crippen molar-refractivity contribution in [3.05, 3.63) is 53.6 Å². The van der Waals surface area contributed by atoms with Crippen LogP contribution in [0.2, 0.25) is 0 Å². The average molecular weight is 557 g/mol. The molecule has 0 saturated carbocycles. The molecule has 2 aromatic carbocycles. The summed E-state index contributed by atoms with van der Waals surface area (Å²) in [6.07, 6.45) is 0. The van der Waals surface area contributed by atoms with Crippen molar-refractivity contribution in [2.45, 2.75) is 52.4 Å². The molecule has 3 aromatic rings. The number of para-hydroxylation sites is 1. The molecule has 206 valence electrons. The quantitative estimate of drug-likeness (QED) is 0.339. The fourth-order valence-electron chi connectivity index (χ4n) is 4.85. The highest BCUT2D eigenvalue weighted by molar-refractivity contribution is 7.89. The van der Waals surface area contributed by atoms with Crippen LogP contribution in [-0.4, -0.2) is 67.8 Å². The van der Waals surface area contributed by atoms with Crippen LogP contribution in [0.4, 0.5) is 5.13 Å². The summed E-state index contributed by atoms with van der Waals surface area (Å²) in [7, 11) is -3.62. The lowest BCUT2D eigenvalue weighted by Crippen LogP contribution is -2.48. The minimum absolute atomic E-state index is 0.0683. The van der Waals surface area contributed by atoms with E-state index in [4.69, 9.17) is 4.98 Å². The molecule has 4 rings (SSSR count). The van der Waals surface area contributed by atoms with Crippen molar-refractivity contribution >= 4 is 42.6 Å². The number of amides is 1. The number of fused-ring (bicyclic) bond motifs is 1. The lowest BCUT2D eigenvalue weighted by molar-refractivity contribution is 0.0746. The first-order valence-electron chi connectivity index (χ1n) is 13.5. The SMILES string of the molecule is CC(C)CN(CC(C)C)S(=O)(=O)c1ccc(C(=O)N2CCN(c3nc4c(C(C)C)cccc4s3)CC2)cc1. The molecule has 1 aliphatic heterocycles. The first kappa shape index (κ1) is 28.5. The van der Waals surface area contributed by atoms with Crippen molar-refractivity contribution in [1.29, 1.82) is 0 Å². The van der Waals surface area contributed by atoms with Gasteiger partial charge in [-0.1, -0.05) is 65.0 Å². The molecule has 2 heterocycles. The molecule has 0 bridgehead atoms. The second-order valence-corrected chi connectivity index (χ2v) is 14.2. The molecule has 1 aliphatic rings. The maximum atomic E-state index is 13.3. The van der Waals surface area contributed by atoms with Gasteiger partial charge in [-0.05, 0) is 53.6 Å². The number of thiazole rings is 1. The van der Waals surface area contributed by atoms with Gasteiger partial charge >= 0.3 is 0 Å². The zero-order valence-corrected chi connectivity index (χ0v) is 25.0. The van der Waals surface area contributed by atoms with Gasteiger partial charge in [-0.3, -0.25) is 4.79 Å². The standard InChI is InChI=1S/C29H40N4O3S2/c1-20(2)18-33(19-21(3)4)38(35,36)24-12-10-23(11-13-24)28(34)31-14-16-32(17-15-31)29-30-27-25(22(5)6)8-7-9-26(27)37-29/h7-13,20-22H,14-19H2,1-6H3. The van der Waals surface area contributed by atoms with E-state index in [-0.39, 0.29) is 22.6 Å². The number of rotatable bonds is 9. The van der Waals surface area contributed by atoms with E-state index in [1.807, 2.05) is 32.6 Å². The Balaban J connectivity index is 1.42. The number of sulfonamides is 1. The van der Waals surface area contributed by atoms with Crippen molar-refractivity contribution in [3.63, 3.8) is 0 Å². The van der Waals surface area contributed by atoms with Gasteiger partial charge in [0.05, 0.1) is 15.1 Å². The molecule has 0 radical (unpaired) electrons. The number of hydrogen-bond acceptors (Lipinski definition) is 6. The molecule has 0 aliphatic carbocycles. The topological polar surface area (TPSA) is 73.8 Å². The van der Waals surface area contributed by atoms with Crippen LogP contribution in [0.25, 0.3) is 10.2 Å². The number of carbonyl (C=O) groups is 1. The molecule has 1 saturated heterocycles. The van der Waals surface area contributed by atoms with Crippen LogP contribution >= 0.6 is 11.3 Å². The van der Waals surface area contributed by atoms with E-state index in [0.29, 0.717) is 50.7 Å². The summed E-state index contributed by atoms with van der Waals surface area (Å²) in [4.78, 5) is 22.5. The largest absolute Gasteiger partial charge is 0.345 e. The Hall–Kier alpha value is -2.49. The van der Waals surface area contributed by atoms with Crippen LogP contribution < -0.4 is 4.90 Å². The van der Waals surface area contributed by atoms with Gasteiger partial charge in [0.1, 0.15) is 0 Å². The molecule has 1 amide bonds. The molecule has 1 fully saturated rings. The second kappa shape index (κ2) is 11.7. The number of nitrogens with zero attached hydrogens (tertiary/aromatic N) is 4. The number of anilines is 1. The van der Waals surface area contributed by atoms with Crippen LogP contribution in [-0.2, 0) is 10.0 Å². The molecular weight excluding hydrogens is 516 g/mol. The van der Waals surface area contributed by atoms with Crippen LogP contribution in [0.5, 0.6) is 0 Å². The van der Waals surface area contributed by atoms with E-state index in [1.165, 1.54) is 10.3 Å². The minimum Gasteiger partial charge on any atom is -0.345 e. The first-order valence-corrected chi connectivity index (χ1v) is 15.8. The van der Waals surface area contributed by atoms with Gasteiger partial charge in [0.15, 0.2) is 5.13 Å². The predicted molar refractivity (Wildman–Crippen MR) is 157 cm³/mol. The highest BCUT2D eigenvalue weighted by atomic mass is 32.2. The van der Waals surface area contributed by atoms with E-state index in [0.717, 1.165) is 10.6 Å². The molecule has 7 nitrogen and oxygen atoms in total. The monoisotopic (exact) mass is 556 g/mol. The Morgan fingerprint density at radius 1 is 0.921 bits per heavy atom. The van der Waals surface area contributed by atoms with E-state index < -0.39 is 10.0 Å². The Morgan fingerprint density at radius 2 is 1.53 bits per heavy atom. The third kappa shape index (κ3) is 6.21. The normalized spacial score (nSPS) is 15.0. The van der Waals surface area contributed by atoms with Crippen LogP contribution in [0.1, 0.15) is 63.4 Å². The summed E-state index contributed by atoms with van der Waals surface area (Å²) in [6.45, 7) is 16.0.